The Morgan fingerprint density at radius 1 is 1.03 bits per heavy atom. The molecule has 4 aromatic heterocycles. The molecule has 6 heterocycles. The third-order valence-electron chi connectivity index (χ3n) is 7.42. The molecule has 7 nitrogen and oxygen atoms in total. The van der Waals surface area contributed by atoms with Crippen molar-refractivity contribution in [3.63, 3.8) is 0 Å². The van der Waals surface area contributed by atoms with E-state index in [1.807, 2.05) is 47.5 Å². The molecular weight excluding hydrogens is 410 g/mol. The standard InChI is InChI=1S/C26H25N7/c1-31-11-8-26(17-31)9-12-32-24(26)14-22(30-32)18-13-20-21(16-28-25(20)27-15-18)23-7-10-29-33(23)19-5-3-2-4-6-19/h2-7,10,13-16H,8-9,11-12,17H2,1H3,(H,27,28). The van der Waals surface area contributed by atoms with E-state index in [4.69, 9.17) is 10.1 Å². The molecule has 5 aromatic rings. The maximum Gasteiger partial charge on any atom is 0.137 e. The molecule has 0 aliphatic carbocycles. The number of aromatic amines is 1. The third kappa shape index (κ3) is 2.82. The molecular formula is C26H25N7. The van der Waals surface area contributed by atoms with Crippen LogP contribution in [0.3, 0.4) is 0 Å². The quantitative estimate of drug-likeness (QED) is 0.460. The number of aryl methyl sites for hydroxylation is 1. The van der Waals surface area contributed by atoms with Gasteiger partial charge in [-0.05, 0) is 56.8 Å². The predicted octanol–water partition coefficient (Wildman–Crippen LogP) is 4.26. The molecule has 0 radical (unpaired) electrons. The first-order valence-electron chi connectivity index (χ1n) is 11.5. The molecule has 1 saturated heterocycles. The van der Waals surface area contributed by atoms with Crippen LogP contribution < -0.4 is 0 Å². The van der Waals surface area contributed by atoms with Gasteiger partial charge in [0, 0.05) is 53.1 Å². The van der Waals surface area contributed by atoms with Crippen LogP contribution in [-0.2, 0) is 12.0 Å². The van der Waals surface area contributed by atoms with Crippen molar-refractivity contribution < 1.29 is 0 Å². The Balaban J connectivity index is 1.31. The van der Waals surface area contributed by atoms with Crippen molar-refractivity contribution in [3.8, 4) is 28.2 Å². The number of fused-ring (bicyclic) bond motifs is 3. The van der Waals surface area contributed by atoms with Gasteiger partial charge in [-0.2, -0.15) is 10.2 Å². The second-order valence-electron chi connectivity index (χ2n) is 9.44. The molecule has 1 aromatic carbocycles. The average Bonchev–Trinajstić information content (AvgIpc) is 3.65. The number of para-hydroxylation sites is 1. The lowest BCUT2D eigenvalue weighted by molar-refractivity contribution is 0.366. The SMILES string of the molecule is CN1CCC2(CCn3nc(-c4cnc5[nH]cc(-c6ccnn6-c6ccccc6)c5c4)cc32)C1. The fourth-order valence-corrected chi connectivity index (χ4v) is 5.73. The number of benzene rings is 1. The molecule has 1 unspecified atom stereocenters. The van der Waals surface area contributed by atoms with E-state index >= 15 is 0 Å². The van der Waals surface area contributed by atoms with Crippen LogP contribution in [0.4, 0.5) is 0 Å². The third-order valence-corrected chi connectivity index (χ3v) is 7.42. The van der Waals surface area contributed by atoms with Gasteiger partial charge in [0.25, 0.3) is 0 Å². The molecule has 0 amide bonds. The number of hydrogen-bond acceptors (Lipinski definition) is 4. The number of nitrogens with zero attached hydrogens (tertiary/aromatic N) is 6. The second-order valence-corrected chi connectivity index (χ2v) is 9.44. The first kappa shape index (κ1) is 18.8. The van der Waals surface area contributed by atoms with Gasteiger partial charge in [0.05, 0.1) is 23.3 Å². The summed E-state index contributed by atoms with van der Waals surface area (Å²) in [4.78, 5) is 10.5. The lowest BCUT2D eigenvalue weighted by atomic mass is 9.82. The topological polar surface area (TPSA) is 67.6 Å². The Hall–Kier alpha value is -3.71. The minimum Gasteiger partial charge on any atom is -0.345 e. The van der Waals surface area contributed by atoms with Crippen molar-refractivity contribution in [3.05, 3.63) is 72.8 Å². The van der Waals surface area contributed by atoms with E-state index in [1.54, 1.807) is 0 Å². The number of aromatic nitrogens is 6. The monoisotopic (exact) mass is 435 g/mol. The zero-order chi connectivity index (χ0) is 22.0. The summed E-state index contributed by atoms with van der Waals surface area (Å²) in [6.45, 7) is 3.29. The number of rotatable bonds is 3. The van der Waals surface area contributed by atoms with Gasteiger partial charge in [0.2, 0.25) is 0 Å². The number of hydrogen-bond donors (Lipinski definition) is 1. The van der Waals surface area contributed by atoms with E-state index in [9.17, 15) is 0 Å². The summed E-state index contributed by atoms with van der Waals surface area (Å²) in [5.41, 5.74) is 7.74. The Labute approximate surface area is 191 Å². The summed E-state index contributed by atoms with van der Waals surface area (Å²) in [6, 6.07) is 16.8. The summed E-state index contributed by atoms with van der Waals surface area (Å²) < 4.78 is 4.20. The van der Waals surface area contributed by atoms with Crippen LogP contribution >= 0.6 is 0 Å². The van der Waals surface area contributed by atoms with E-state index in [2.05, 4.69) is 51.0 Å². The smallest absolute Gasteiger partial charge is 0.137 e. The number of pyridine rings is 1. The average molecular weight is 436 g/mol. The van der Waals surface area contributed by atoms with E-state index in [1.165, 1.54) is 18.5 Å². The number of H-pyrrole nitrogens is 1. The molecule has 1 spiro atoms. The van der Waals surface area contributed by atoms with Crippen LogP contribution in [0.25, 0.3) is 39.2 Å². The van der Waals surface area contributed by atoms with Crippen molar-refractivity contribution in [2.24, 2.45) is 0 Å². The van der Waals surface area contributed by atoms with Crippen molar-refractivity contribution in [2.75, 3.05) is 20.1 Å². The summed E-state index contributed by atoms with van der Waals surface area (Å²) in [5.74, 6) is 0. The minimum atomic E-state index is 0.263. The van der Waals surface area contributed by atoms with Gasteiger partial charge in [-0.3, -0.25) is 4.68 Å². The number of likely N-dealkylation sites (N-methyl/N-ethyl adjacent to an activating group) is 1. The van der Waals surface area contributed by atoms with Crippen LogP contribution in [-0.4, -0.2) is 54.6 Å². The van der Waals surface area contributed by atoms with E-state index in [0.29, 0.717) is 0 Å². The minimum absolute atomic E-state index is 0.263. The van der Waals surface area contributed by atoms with Gasteiger partial charge in [-0.1, -0.05) is 18.2 Å². The highest BCUT2D eigenvalue weighted by Crippen LogP contribution is 2.43. The summed E-state index contributed by atoms with van der Waals surface area (Å²) >= 11 is 0. The van der Waals surface area contributed by atoms with Crippen LogP contribution in [0, 0.1) is 0 Å². The molecule has 0 bridgehead atoms. The zero-order valence-corrected chi connectivity index (χ0v) is 18.6. The summed E-state index contributed by atoms with van der Waals surface area (Å²) in [6.07, 6.45) is 8.22. The fraction of sp³-hybridized carbons (Fsp3) is 0.269. The largest absolute Gasteiger partial charge is 0.345 e. The Morgan fingerprint density at radius 3 is 2.76 bits per heavy atom. The van der Waals surface area contributed by atoms with Crippen LogP contribution in [0.5, 0.6) is 0 Å². The predicted molar refractivity (Wildman–Crippen MR) is 128 cm³/mol. The van der Waals surface area contributed by atoms with Crippen LogP contribution in [0.15, 0.2) is 67.1 Å². The van der Waals surface area contributed by atoms with Crippen molar-refractivity contribution in [1.29, 1.82) is 0 Å². The first-order chi connectivity index (χ1) is 16.2. The lowest BCUT2D eigenvalue weighted by Crippen LogP contribution is -2.26. The fourth-order valence-electron chi connectivity index (χ4n) is 5.73. The number of nitrogens with one attached hydrogen (secondary N) is 1. The van der Waals surface area contributed by atoms with E-state index in [-0.39, 0.29) is 5.41 Å². The first-order valence-corrected chi connectivity index (χ1v) is 11.5. The van der Waals surface area contributed by atoms with Gasteiger partial charge in [-0.15, -0.1) is 0 Å². The van der Waals surface area contributed by atoms with Gasteiger partial charge < -0.3 is 9.88 Å². The number of likely N-dealkylation sites (tertiary alicyclic amines) is 1. The van der Waals surface area contributed by atoms with Crippen molar-refractivity contribution in [1.82, 2.24) is 34.4 Å². The molecule has 7 heteroatoms. The Bertz CT molecular complexity index is 1480. The lowest BCUT2D eigenvalue weighted by Gasteiger charge is -2.21. The van der Waals surface area contributed by atoms with Crippen LogP contribution in [0.2, 0.25) is 0 Å². The van der Waals surface area contributed by atoms with E-state index in [0.717, 1.165) is 58.9 Å². The molecule has 164 valence electrons. The highest BCUT2D eigenvalue weighted by Gasteiger charge is 2.44. The van der Waals surface area contributed by atoms with Crippen molar-refractivity contribution >= 4 is 11.0 Å². The molecule has 2 aliphatic rings. The molecule has 0 saturated carbocycles. The van der Waals surface area contributed by atoms with Crippen molar-refractivity contribution in [2.45, 2.75) is 24.8 Å². The normalized spacial score (nSPS) is 20.3. The van der Waals surface area contributed by atoms with Crippen LogP contribution in [0.1, 0.15) is 18.5 Å². The second kappa shape index (κ2) is 6.89. The summed E-state index contributed by atoms with van der Waals surface area (Å²) in [5, 5.41) is 10.6. The van der Waals surface area contributed by atoms with Gasteiger partial charge >= 0.3 is 0 Å². The van der Waals surface area contributed by atoms with Gasteiger partial charge in [0.1, 0.15) is 5.65 Å². The summed E-state index contributed by atoms with van der Waals surface area (Å²) in [7, 11) is 2.22. The molecule has 33 heavy (non-hydrogen) atoms. The maximum absolute atomic E-state index is 4.98. The highest BCUT2D eigenvalue weighted by atomic mass is 15.3. The Kier molecular flexibility index (Phi) is 3.93. The highest BCUT2D eigenvalue weighted by molar-refractivity contribution is 5.95. The van der Waals surface area contributed by atoms with E-state index < -0.39 is 0 Å². The molecule has 1 fully saturated rings. The maximum atomic E-state index is 4.98. The molecule has 7 rings (SSSR count). The molecule has 1 N–H and O–H groups in total. The van der Waals surface area contributed by atoms with Gasteiger partial charge in [-0.25, -0.2) is 9.67 Å². The zero-order valence-electron chi connectivity index (χ0n) is 18.6. The molecule has 1 atom stereocenters. The molecule has 2 aliphatic heterocycles. The van der Waals surface area contributed by atoms with Gasteiger partial charge in [0.15, 0.2) is 0 Å². The Morgan fingerprint density at radius 2 is 1.91 bits per heavy atom.